The summed E-state index contributed by atoms with van der Waals surface area (Å²) in [6.45, 7) is 6.30. The highest BCUT2D eigenvalue weighted by Crippen LogP contribution is 2.47. The van der Waals surface area contributed by atoms with Crippen molar-refractivity contribution in [3.8, 4) is 16.2 Å². The van der Waals surface area contributed by atoms with Gasteiger partial charge in [0.1, 0.15) is 5.60 Å². The summed E-state index contributed by atoms with van der Waals surface area (Å²) in [6.07, 6.45) is 1.35. The molecule has 0 amide bonds. The van der Waals surface area contributed by atoms with E-state index in [1.54, 1.807) is 43.3 Å². The molecule has 0 radical (unpaired) electrons. The van der Waals surface area contributed by atoms with Crippen LogP contribution in [-0.2, 0) is 30.0 Å². The summed E-state index contributed by atoms with van der Waals surface area (Å²) >= 11 is 4.68. The zero-order valence-electron chi connectivity index (χ0n) is 24.0. The highest BCUT2D eigenvalue weighted by atomic mass is 79.9. The molecule has 0 atom stereocenters. The molecule has 1 aromatic heterocycles. The highest BCUT2D eigenvalue weighted by Gasteiger charge is 2.32. The lowest BCUT2D eigenvalue weighted by molar-refractivity contribution is -0.157. The Morgan fingerprint density at radius 3 is 2.40 bits per heavy atom. The van der Waals surface area contributed by atoms with Gasteiger partial charge in [-0.3, -0.25) is 4.31 Å². The molecule has 12 heteroatoms. The van der Waals surface area contributed by atoms with E-state index in [1.165, 1.54) is 7.11 Å². The van der Waals surface area contributed by atoms with E-state index in [1.807, 2.05) is 36.4 Å². The first-order chi connectivity index (χ1) is 19.9. The van der Waals surface area contributed by atoms with Crippen LogP contribution in [0.2, 0.25) is 0 Å². The largest absolute Gasteiger partial charge is 0.479 e. The summed E-state index contributed by atoms with van der Waals surface area (Å²) in [5, 5.41) is 3.31. The molecule has 4 rings (SSSR count). The third-order valence-electron chi connectivity index (χ3n) is 6.43. The fraction of sp³-hybridized carbons (Fsp3) is 0.400. The Labute approximate surface area is 259 Å². The van der Waals surface area contributed by atoms with Crippen LogP contribution in [0.4, 0.5) is 5.69 Å². The Bertz CT molecular complexity index is 1510. The van der Waals surface area contributed by atoms with Crippen molar-refractivity contribution in [3.05, 3.63) is 69.5 Å². The van der Waals surface area contributed by atoms with E-state index in [2.05, 4.69) is 21.2 Å². The minimum Gasteiger partial charge on any atom is -0.479 e. The first-order valence-corrected chi connectivity index (χ1v) is 16.7. The van der Waals surface area contributed by atoms with Crippen molar-refractivity contribution in [1.29, 1.82) is 0 Å². The van der Waals surface area contributed by atoms with E-state index in [9.17, 15) is 18.0 Å². The molecule has 0 bridgehead atoms. The van der Waals surface area contributed by atoms with Crippen molar-refractivity contribution in [3.63, 3.8) is 0 Å². The van der Waals surface area contributed by atoms with Crippen LogP contribution in [0.15, 0.2) is 59.1 Å². The number of nitrogens with one attached hydrogen (secondary N) is 1. The Morgan fingerprint density at radius 2 is 1.76 bits per heavy atom. The molecule has 1 saturated heterocycles. The maximum absolute atomic E-state index is 13.9. The molecular weight excluding hydrogens is 644 g/mol. The molecule has 1 aliphatic heterocycles. The van der Waals surface area contributed by atoms with Crippen LogP contribution in [-0.4, -0.2) is 58.8 Å². The number of anilines is 1. The van der Waals surface area contributed by atoms with E-state index >= 15 is 0 Å². The van der Waals surface area contributed by atoms with Crippen molar-refractivity contribution in [2.45, 2.75) is 51.0 Å². The number of hydrogen-bond acceptors (Lipinski definition) is 9. The molecule has 2 aromatic carbocycles. The van der Waals surface area contributed by atoms with Crippen molar-refractivity contribution < 1.29 is 32.2 Å². The van der Waals surface area contributed by atoms with Crippen molar-refractivity contribution in [2.24, 2.45) is 0 Å². The third kappa shape index (κ3) is 7.91. The highest BCUT2D eigenvalue weighted by molar-refractivity contribution is 9.10. The summed E-state index contributed by atoms with van der Waals surface area (Å²) in [5.74, 6) is -1.17. The number of esters is 2. The second kappa shape index (κ2) is 13.6. The standard InChI is InChI=1S/C30H35BrN2O7S2/c1-30(2,3)40-24(34)18-39-26-25(31)27(41-28(26)29(35)38-4)21-11-8-12-23(17-21)33(22-13-15-32-16-14-22)42(36,37)19-20-9-6-5-7-10-20/h5-12,17,22,32H,13-16,18-19H2,1-4H3. The van der Waals surface area contributed by atoms with Gasteiger partial charge in [0.2, 0.25) is 10.0 Å². The summed E-state index contributed by atoms with van der Waals surface area (Å²) < 4.78 is 45.9. The first kappa shape index (κ1) is 32.0. The van der Waals surface area contributed by atoms with Gasteiger partial charge in [0.25, 0.3) is 0 Å². The molecule has 0 spiro atoms. The number of ether oxygens (including phenoxy) is 3. The van der Waals surface area contributed by atoms with Crippen molar-refractivity contribution in [2.75, 3.05) is 31.1 Å². The number of thiophene rings is 1. The van der Waals surface area contributed by atoms with Crippen molar-refractivity contribution in [1.82, 2.24) is 5.32 Å². The van der Waals surface area contributed by atoms with Crippen LogP contribution >= 0.6 is 27.3 Å². The maximum atomic E-state index is 13.9. The number of benzene rings is 2. The van der Waals surface area contributed by atoms with Gasteiger partial charge in [0, 0.05) is 6.04 Å². The Morgan fingerprint density at radius 1 is 1.07 bits per heavy atom. The Kier molecular flexibility index (Phi) is 10.3. The van der Waals surface area contributed by atoms with E-state index < -0.39 is 34.2 Å². The quantitative estimate of drug-likeness (QED) is 0.269. The van der Waals surface area contributed by atoms with Gasteiger partial charge in [-0.25, -0.2) is 18.0 Å². The molecule has 1 fully saturated rings. The zero-order chi connectivity index (χ0) is 30.5. The third-order valence-corrected chi connectivity index (χ3v) is 10.5. The number of sulfonamides is 1. The number of rotatable bonds is 10. The Balaban J connectivity index is 1.72. The maximum Gasteiger partial charge on any atom is 0.351 e. The van der Waals surface area contributed by atoms with Crippen LogP contribution in [0.1, 0.15) is 48.8 Å². The molecular formula is C30H35BrN2O7S2. The molecule has 0 saturated carbocycles. The minimum absolute atomic E-state index is 0.125. The second-order valence-electron chi connectivity index (χ2n) is 10.8. The number of halogens is 1. The summed E-state index contributed by atoms with van der Waals surface area (Å²) in [6, 6.07) is 16.2. The van der Waals surface area contributed by atoms with E-state index in [4.69, 9.17) is 14.2 Å². The summed E-state index contributed by atoms with van der Waals surface area (Å²) in [4.78, 5) is 25.8. The predicted molar refractivity (Wildman–Crippen MR) is 168 cm³/mol. The van der Waals surface area contributed by atoms with E-state index in [0.717, 1.165) is 24.4 Å². The molecule has 2 heterocycles. The number of carbonyl (C=O) groups is 2. The minimum atomic E-state index is -3.74. The van der Waals surface area contributed by atoms with Crippen LogP contribution in [0.5, 0.6) is 5.75 Å². The molecule has 0 aliphatic carbocycles. The van der Waals surface area contributed by atoms with E-state index in [0.29, 0.717) is 39.0 Å². The molecule has 3 aromatic rings. The van der Waals surface area contributed by atoms with Gasteiger partial charge < -0.3 is 19.5 Å². The molecule has 9 nitrogen and oxygen atoms in total. The fourth-order valence-corrected chi connectivity index (χ4v) is 8.54. The van der Waals surface area contributed by atoms with Crippen LogP contribution in [0.25, 0.3) is 10.4 Å². The lowest BCUT2D eigenvalue weighted by atomic mass is 10.1. The number of carbonyl (C=O) groups excluding carboxylic acids is 2. The molecule has 0 unspecified atom stereocenters. The number of methoxy groups -OCH3 is 1. The monoisotopic (exact) mass is 678 g/mol. The van der Waals surface area contributed by atoms with Crippen LogP contribution < -0.4 is 14.4 Å². The molecule has 1 N–H and O–H groups in total. The van der Waals surface area contributed by atoms with Gasteiger partial charge in [-0.1, -0.05) is 42.5 Å². The van der Waals surface area contributed by atoms with Crippen LogP contribution in [0, 0.1) is 0 Å². The lowest BCUT2D eigenvalue weighted by Crippen LogP contribution is -2.46. The fourth-order valence-electron chi connectivity index (χ4n) is 4.72. The topological polar surface area (TPSA) is 111 Å². The van der Waals surface area contributed by atoms with E-state index in [-0.39, 0.29) is 22.4 Å². The van der Waals surface area contributed by atoms with Gasteiger partial charge >= 0.3 is 11.9 Å². The average molecular weight is 680 g/mol. The lowest BCUT2D eigenvalue weighted by Gasteiger charge is -2.35. The predicted octanol–water partition coefficient (Wildman–Crippen LogP) is 5.77. The average Bonchev–Trinajstić information content (AvgIpc) is 3.27. The molecule has 226 valence electrons. The molecule has 42 heavy (non-hydrogen) atoms. The van der Waals surface area contributed by atoms with Crippen molar-refractivity contribution >= 4 is 54.9 Å². The second-order valence-corrected chi connectivity index (χ2v) is 14.5. The summed E-state index contributed by atoms with van der Waals surface area (Å²) in [5.41, 5.74) is 1.23. The number of hydrogen-bond donors (Lipinski definition) is 1. The molecule has 1 aliphatic rings. The van der Waals surface area contributed by atoms with Gasteiger partial charge in [0.05, 0.1) is 27.9 Å². The first-order valence-electron chi connectivity index (χ1n) is 13.5. The Hall–Kier alpha value is -2.93. The SMILES string of the molecule is COC(=O)c1sc(-c2cccc(N(C3CCNCC3)S(=O)(=O)Cc3ccccc3)c2)c(Br)c1OCC(=O)OC(C)(C)C. The van der Waals surface area contributed by atoms with Crippen LogP contribution in [0.3, 0.4) is 0 Å². The summed E-state index contributed by atoms with van der Waals surface area (Å²) in [7, 11) is -2.48. The smallest absolute Gasteiger partial charge is 0.351 e. The van der Waals surface area contributed by atoms with Gasteiger partial charge in [0.15, 0.2) is 17.2 Å². The number of nitrogens with zero attached hydrogens (tertiary/aromatic N) is 1. The zero-order valence-corrected chi connectivity index (χ0v) is 27.2. The van der Waals surface area contributed by atoms with Gasteiger partial charge in [-0.05, 0) is 85.9 Å². The normalized spacial score (nSPS) is 14.3. The van der Waals surface area contributed by atoms with Gasteiger partial charge in [-0.15, -0.1) is 11.3 Å². The number of piperidine rings is 1. The van der Waals surface area contributed by atoms with Gasteiger partial charge in [-0.2, -0.15) is 0 Å².